The highest BCUT2D eigenvalue weighted by molar-refractivity contribution is 5.85. The van der Waals surface area contributed by atoms with Crippen molar-refractivity contribution in [3.63, 3.8) is 0 Å². The number of esters is 1. The fourth-order valence-corrected chi connectivity index (χ4v) is 9.88. The summed E-state index contributed by atoms with van der Waals surface area (Å²) < 4.78 is 16.9. The minimum atomic E-state index is -1.44. The monoisotopic (exact) mass is 550 g/mol. The third kappa shape index (κ3) is 4.00. The molecule has 2 aliphatic heterocycles. The molecule has 39 heavy (non-hydrogen) atoms. The van der Waals surface area contributed by atoms with E-state index in [1.165, 1.54) is 0 Å². The maximum absolute atomic E-state index is 13.0. The molecule has 218 valence electrons. The predicted molar refractivity (Wildman–Crippen MR) is 135 cm³/mol. The van der Waals surface area contributed by atoms with Crippen LogP contribution in [0.2, 0.25) is 0 Å². The number of carbonyl (C=O) groups excluding carboxylic acids is 2. The highest BCUT2D eigenvalue weighted by Gasteiger charge is 2.69. The molecule has 4 saturated carbocycles. The first kappa shape index (κ1) is 27.8. The van der Waals surface area contributed by atoms with Gasteiger partial charge in [-0.25, -0.2) is 4.79 Å². The van der Waals surface area contributed by atoms with Crippen LogP contribution in [0.4, 0.5) is 0 Å². The second kappa shape index (κ2) is 9.58. The summed E-state index contributed by atoms with van der Waals surface area (Å²) >= 11 is 0. The Morgan fingerprint density at radius 1 is 1.03 bits per heavy atom. The van der Waals surface area contributed by atoms with Crippen LogP contribution in [-0.2, 0) is 23.8 Å². The van der Waals surface area contributed by atoms with Crippen LogP contribution in [-0.4, -0.2) is 92.9 Å². The fraction of sp³-hybridized carbons (Fsp3) is 0.862. The Balaban J connectivity index is 1.22. The van der Waals surface area contributed by atoms with Crippen LogP contribution in [0.1, 0.15) is 65.2 Å². The number of ether oxygens (including phenoxy) is 3. The molecule has 5 N–H and O–H groups in total. The molecule has 2 heterocycles. The van der Waals surface area contributed by atoms with Crippen LogP contribution < -0.4 is 0 Å². The zero-order valence-corrected chi connectivity index (χ0v) is 22.6. The van der Waals surface area contributed by atoms with Gasteiger partial charge < -0.3 is 44.5 Å². The van der Waals surface area contributed by atoms with E-state index in [9.17, 15) is 35.1 Å². The van der Waals surface area contributed by atoms with E-state index < -0.39 is 53.9 Å². The Morgan fingerprint density at radius 2 is 1.79 bits per heavy atom. The molecule has 0 aromatic carbocycles. The lowest BCUT2D eigenvalue weighted by atomic mass is 9.42. The van der Waals surface area contributed by atoms with Crippen molar-refractivity contribution in [2.24, 2.45) is 34.5 Å². The van der Waals surface area contributed by atoms with Crippen molar-refractivity contribution in [2.75, 3.05) is 6.61 Å². The molecular formula is C29H42O10. The topological polar surface area (TPSA) is 163 Å². The third-order valence-electron chi connectivity index (χ3n) is 11.7. The van der Waals surface area contributed by atoms with Crippen LogP contribution in [0.25, 0.3) is 0 Å². The lowest BCUT2D eigenvalue weighted by Crippen LogP contribution is -2.68. The Kier molecular flexibility index (Phi) is 6.81. The smallest absolute Gasteiger partial charge is 0.331 e. The van der Waals surface area contributed by atoms with Gasteiger partial charge in [-0.15, -0.1) is 0 Å². The SMILES string of the molecule is CC1OC(OC2CCC3(C=O)C4C(O)CC5(C)C(C6=CC(=O)OC6)CCC5C4CCC3(O)C2)C(O)C(O)C1O. The first-order valence-corrected chi connectivity index (χ1v) is 14.5. The molecule has 4 aliphatic carbocycles. The van der Waals surface area contributed by atoms with Crippen molar-refractivity contribution in [1.29, 1.82) is 0 Å². The molecule has 0 bridgehead atoms. The molecule has 0 radical (unpaired) electrons. The molecule has 10 heteroatoms. The molecule has 6 aliphatic rings. The largest absolute Gasteiger partial charge is 0.458 e. The first-order chi connectivity index (χ1) is 18.4. The standard InChI is InChI=1S/C29H42O10/c1-14-23(33)24(34)25(35)26(38-14)39-16-5-7-28(13-30)22-17(6-8-29(28,36)10-16)19-4-3-18(15-9-21(32)37-12-15)27(19,2)11-20(22)31/h9,13-14,16-20,22-26,31,33-36H,3-8,10-12H2,1-2H3. The van der Waals surface area contributed by atoms with Gasteiger partial charge in [0.25, 0.3) is 0 Å². The summed E-state index contributed by atoms with van der Waals surface area (Å²) in [5.74, 6) is -0.191. The summed E-state index contributed by atoms with van der Waals surface area (Å²) in [5, 5.41) is 54.4. The second-order valence-electron chi connectivity index (χ2n) is 13.4. The second-order valence-corrected chi connectivity index (χ2v) is 13.4. The van der Waals surface area contributed by atoms with Gasteiger partial charge in [-0.1, -0.05) is 6.92 Å². The van der Waals surface area contributed by atoms with Crippen LogP contribution in [0.5, 0.6) is 0 Å². The van der Waals surface area contributed by atoms with Gasteiger partial charge in [-0.2, -0.15) is 0 Å². The molecule has 6 rings (SSSR count). The Morgan fingerprint density at radius 3 is 2.49 bits per heavy atom. The number of aldehydes is 1. The number of rotatable bonds is 4. The van der Waals surface area contributed by atoms with Gasteiger partial charge in [-0.3, -0.25) is 0 Å². The van der Waals surface area contributed by atoms with Crippen molar-refractivity contribution >= 4 is 12.3 Å². The summed E-state index contributed by atoms with van der Waals surface area (Å²) in [7, 11) is 0. The molecule has 0 aromatic rings. The van der Waals surface area contributed by atoms with E-state index in [0.717, 1.165) is 24.7 Å². The number of cyclic esters (lactones) is 1. The molecule has 0 amide bonds. The number of fused-ring (bicyclic) bond motifs is 5. The summed E-state index contributed by atoms with van der Waals surface area (Å²) in [6.07, 6.45) is -0.458. The summed E-state index contributed by atoms with van der Waals surface area (Å²) in [5.41, 5.74) is -1.71. The quantitative estimate of drug-likeness (QED) is 0.190. The molecular weight excluding hydrogens is 508 g/mol. The number of hydrogen-bond acceptors (Lipinski definition) is 10. The molecule has 1 saturated heterocycles. The maximum Gasteiger partial charge on any atom is 0.331 e. The Hall–Kier alpha value is -1.40. The van der Waals surface area contributed by atoms with E-state index in [1.807, 2.05) is 0 Å². The van der Waals surface area contributed by atoms with Crippen molar-refractivity contribution < 1.29 is 49.3 Å². The van der Waals surface area contributed by atoms with Crippen LogP contribution in [0, 0.1) is 34.5 Å². The van der Waals surface area contributed by atoms with Gasteiger partial charge in [0.05, 0.1) is 29.3 Å². The molecule has 14 atom stereocenters. The average Bonchev–Trinajstić information content (AvgIpc) is 3.47. The normalized spacial score (nSPS) is 55.2. The van der Waals surface area contributed by atoms with Gasteiger partial charge in [-0.05, 0) is 80.6 Å². The zero-order valence-electron chi connectivity index (χ0n) is 22.6. The lowest BCUT2D eigenvalue weighted by molar-refractivity contribution is -0.317. The van der Waals surface area contributed by atoms with E-state index >= 15 is 0 Å². The van der Waals surface area contributed by atoms with Crippen molar-refractivity contribution in [2.45, 2.75) is 114 Å². The minimum Gasteiger partial charge on any atom is -0.458 e. The van der Waals surface area contributed by atoms with Crippen molar-refractivity contribution in [3.8, 4) is 0 Å². The number of carbonyl (C=O) groups is 2. The summed E-state index contributed by atoms with van der Waals surface area (Å²) in [4.78, 5) is 24.8. The minimum absolute atomic E-state index is 0.0753. The number of hydrogen-bond donors (Lipinski definition) is 5. The first-order valence-electron chi connectivity index (χ1n) is 14.5. The van der Waals surface area contributed by atoms with Crippen molar-refractivity contribution in [3.05, 3.63) is 11.6 Å². The summed E-state index contributed by atoms with van der Waals surface area (Å²) in [6, 6.07) is 0. The van der Waals surface area contributed by atoms with Crippen LogP contribution >= 0.6 is 0 Å². The van der Waals surface area contributed by atoms with Crippen molar-refractivity contribution in [1.82, 2.24) is 0 Å². The molecule has 5 fully saturated rings. The van der Waals surface area contributed by atoms with E-state index in [1.54, 1.807) is 13.0 Å². The van der Waals surface area contributed by atoms with Gasteiger partial charge in [0.2, 0.25) is 0 Å². The number of aliphatic hydroxyl groups is 5. The Bertz CT molecular complexity index is 1030. The average molecular weight is 551 g/mol. The predicted octanol–water partition coefficient (Wildman–Crippen LogP) is 0.606. The highest BCUT2D eigenvalue weighted by Crippen LogP contribution is 2.69. The maximum atomic E-state index is 13.0. The zero-order chi connectivity index (χ0) is 27.9. The van der Waals surface area contributed by atoms with Crippen LogP contribution in [0.15, 0.2) is 11.6 Å². The summed E-state index contributed by atoms with van der Waals surface area (Å²) in [6.45, 7) is 4.10. The van der Waals surface area contributed by atoms with Gasteiger partial charge in [0.15, 0.2) is 6.29 Å². The van der Waals surface area contributed by atoms with E-state index in [2.05, 4.69) is 6.92 Å². The lowest BCUT2D eigenvalue weighted by Gasteiger charge is -2.64. The van der Waals surface area contributed by atoms with Gasteiger partial charge >= 0.3 is 5.97 Å². The van der Waals surface area contributed by atoms with Gasteiger partial charge in [0, 0.05) is 18.4 Å². The molecule has 14 unspecified atom stereocenters. The molecule has 0 spiro atoms. The van der Waals surface area contributed by atoms with E-state index in [-0.39, 0.29) is 41.5 Å². The Labute approximate surface area is 228 Å². The van der Waals surface area contributed by atoms with E-state index in [4.69, 9.17) is 14.2 Å². The third-order valence-corrected chi connectivity index (χ3v) is 11.7. The van der Waals surface area contributed by atoms with E-state index in [0.29, 0.717) is 38.7 Å². The van der Waals surface area contributed by atoms with Crippen LogP contribution in [0.3, 0.4) is 0 Å². The number of aliphatic hydroxyl groups excluding tert-OH is 4. The molecule has 0 aromatic heterocycles. The molecule has 10 nitrogen and oxygen atoms in total. The highest BCUT2D eigenvalue weighted by atomic mass is 16.7. The fourth-order valence-electron chi connectivity index (χ4n) is 9.88. The van der Waals surface area contributed by atoms with Gasteiger partial charge in [0.1, 0.15) is 31.2 Å².